The molecule has 1 fully saturated rings. The Morgan fingerprint density at radius 2 is 2.13 bits per heavy atom. The highest BCUT2D eigenvalue weighted by molar-refractivity contribution is 5.83. The van der Waals surface area contributed by atoms with Gasteiger partial charge in [-0.15, -0.1) is 0 Å². The Bertz CT molecular complexity index is 247. The Labute approximate surface area is 89.2 Å². The fourth-order valence-electron chi connectivity index (χ4n) is 1.60. The maximum absolute atomic E-state index is 11.9. The summed E-state index contributed by atoms with van der Waals surface area (Å²) in [6, 6.07) is 0.134. The molecule has 0 saturated heterocycles. The first-order valence-electron chi connectivity index (χ1n) is 5.32. The van der Waals surface area contributed by atoms with Crippen LogP contribution in [0.4, 0.5) is 0 Å². The van der Waals surface area contributed by atoms with Crippen molar-refractivity contribution < 1.29 is 14.7 Å². The van der Waals surface area contributed by atoms with Crippen LogP contribution in [0.5, 0.6) is 0 Å². The number of carboxylic acids is 1. The van der Waals surface area contributed by atoms with E-state index in [2.05, 4.69) is 0 Å². The topological polar surface area (TPSA) is 83.6 Å². The second-order valence-corrected chi connectivity index (χ2v) is 3.93. The molecular formula is C10H18N2O3. The van der Waals surface area contributed by atoms with Crippen LogP contribution >= 0.6 is 0 Å². The van der Waals surface area contributed by atoms with E-state index in [0.29, 0.717) is 6.42 Å². The van der Waals surface area contributed by atoms with Crippen LogP contribution in [0, 0.1) is 5.92 Å². The number of hydrogen-bond acceptors (Lipinski definition) is 3. The van der Waals surface area contributed by atoms with Crippen LogP contribution in [0.2, 0.25) is 0 Å². The molecule has 0 radical (unpaired) electrons. The lowest BCUT2D eigenvalue weighted by atomic mass is 10.1. The van der Waals surface area contributed by atoms with E-state index >= 15 is 0 Å². The smallest absolute Gasteiger partial charge is 0.323 e. The summed E-state index contributed by atoms with van der Waals surface area (Å²) in [4.78, 5) is 24.0. The SMILES string of the molecule is CCC(CN)C(=O)N(CC(=O)O)C1CC1. The first-order chi connectivity index (χ1) is 7.10. The number of rotatable bonds is 6. The number of carbonyl (C=O) groups excluding carboxylic acids is 1. The molecule has 0 aliphatic heterocycles. The van der Waals surface area contributed by atoms with E-state index in [4.69, 9.17) is 10.8 Å². The molecule has 1 unspecified atom stereocenters. The molecule has 3 N–H and O–H groups in total. The minimum atomic E-state index is -0.956. The van der Waals surface area contributed by atoms with Crippen molar-refractivity contribution in [1.82, 2.24) is 4.90 Å². The van der Waals surface area contributed by atoms with E-state index in [9.17, 15) is 9.59 Å². The quantitative estimate of drug-likeness (QED) is 0.654. The van der Waals surface area contributed by atoms with Gasteiger partial charge in [0.05, 0.1) is 5.92 Å². The molecule has 1 aliphatic rings. The largest absolute Gasteiger partial charge is 0.480 e. The van der Waals surface area contributed by atoms with Gasteiger partial charge in [0.1, 0.15) is 6.54 Å². The van der Waals surface area contributed by atoms with Gasteiger partial charge in [0, 0.05) is 12.6 Å². The average molecular weight is 214 g/mol. The number of hydrogen-bond donors (Lipinski definition) is 2. The molecule has 1 aliphatic carbocycles. The predicted molar refractivity (Wildman–Crippen MR) is 55.2 cm³/mol. The second-order valence-electron chi connectivity index (χ2n) is 3.93. The zero-order valence-electron chi connectivity index (χ0n) is 8.98. The van der Waals surface area contributed by atoms with Crippen LogP contribution in [0.25, 0.3) is 0 Å². The fourth-order valence-corrected chi connectivity index (χ4v) is 1.60. The predicted octanol–water partition coefficient (Wildman–Crippen LogP) is 0.0469. The highest BCUT2D eigenvalue weighted by Crippen LogP contribution is 2.28. The number of nitrogens with zero attached hydrogens (tertiary/aromatic N) is 1. The zero-order valence-corrected chi connectivity index (χ0v) is 8.98. The average Bonchev–Trinajstić information content (AvgIpc) is 2.99. The van der Waals surface area contributed by atoms with E-state index in [1.807, 2.05) is 6.92 Å². The van der Waals surface area contributed by atoms with Crippen LogP contribution in [0.15, 0.2) is 0 Å². The molecule has 1 rings (SSSR count). The first kappa shape index (κ1) is 12.0. The van der Waals surface area contributed by atoms with Crippen LogP contribution < -0.4 is 5.73 Å². The third-order valence-electron chi connectivity index (χ3n) is 2.70. The summed E-state index contributed by atoms with van der Waals surface area (Å²) >= 11 is 0. The maximum atomic E-state index is 11.9. The zero-order chi connectivity index (χ0) is 11.4. The molecule has 0 heterocycles. The van der Waals surface area contributed by atoms with E-state index in [0.717, 1.165) is 12.8 Å². The van der Waals surface area contributed by atoms with Gasteiger partial charge >= 0.3 is 5.97 Å². The molecule has 5 nitrogen and oxygen atoms in total. The third-order valence-corrected chi connectivity index (χ3v) is 2.70. The van der Waals surface area contributed by atoms with E-state index in [1.54, 1.807) is 0 Å². The molecule has 1 saturated carbocycles. The maximum Gasteiger partial charge on any atom is 0.323 e. The molecule has 1 atom stereocenters. The summed E-state index contributed by atoms with van der Waals surface area (Å²) < 4.78 is 0. The fraction of sp³-hybridized carbons (Fsp3) is 0.800. The van der Waals surface area contributed by atoms with Crippen molar-refractivity contribution in [2.45, 2.75) is 32.2 Å². The molecule has 0 spiro atoms. The molecule has 0 aromatic carbocycles. The second kappa shape index (κ2) is 5.11. The standard InChI is InChI=1S/C10H18N2O3/c1-2-7(5-11)10(15)12(6-9(13)14)8-3-4-8/h7-8H,2-6,11H2,1H3,(H,13,14). The number of nitrogens with two attached hydrogens (primary N) is 1. The summed E-state index contributed by atoms with van der Waals surface area (Å²) in [5.41, 5.74) is 5.48. The van der Waals surface area contributed by atoms with Gasteiger partial charge in [0.15, 0.2) is 0 Å². The third kappa shape index (κ3) is 3.20. The summed E-state index contributed by atoms with van der Waals surface area (Å²) in [5.74, 6) is -1.29. The lowest BCUT2D eigenvalue weighted by Gasteiger charge is -2.24. The molecule has 1 amide bonds. The van der Waals surface area contributed by atoms with Crippen molar-refractivity contribution >= 4 is 11.9 Å². The highest BCUT2D eigenvalue weighted by Gasteiger charge is 2.35. The van der Waals surface area contributed by atoms with Gasteiger partial charge in [0.25, 0.3) is 0 Å². The first-order valence-corrected chi connectivity index (χ1v) is 5.32. The Hall–Kier alpha value is -1.10. The molecule has 0 bridgehead atoms. The lowest BCUT2D eigenvalue weighted by Crippen LogP contribution is -2.43. The van der Waals surface area contributed by atoms with Gasteiger partial charge in [-0.25, -0.2) is 0 Å². The summed E-state index contributed by atoms with van der Waals surface area (Å²) in [6.07, 6.45) is 2.50. The molecule has 5 heteroatoms. The molecule has 0 aromatic rings. The number of carboxylic acid groups (broad SMARTS) is 1. The molecule has 86 valence electrons. The van der Waals surface area contributed by atoms with Crippen LogP contribution in [-0.2, 0) is 9.59 Å². The van der Waals surface area contributed by atoms with Crippen molar-refractivity contribution in [2.24, 2.45) is 11.7 Å². The number of amides is 1. The Morgan fingerprint density at radius 1 is 1.53 bits per heavy atom. The van der Waals surface area contributed by atoms with Crippen molar-refractivity contribution in [2.75, 3.05) is 13.1 Å². The van der Waals surface area contributed by atoms with Crippen molar-refractivity contribution in [1.29, 1.82) is 0 Å². The summed E-state index contributed by atoms with van der Waals surface area (Å²) in [5, 5.41) is 8.71. The van der Waals surface area contributed by atoms with E-state index < -0.39 is 5.97 Å². The van der Waals surface area contributed by atoms with E-state index in [-0.39, 0.29) is 31.0 Å². The number of aliphatic carboxylic acids is 1. The van der Waals surface area contributed by atoms with Gasteiger partial charge in [-0.05, 0) is 19.3 Å². The van der Waals surface area contributed by atoms with Crippen molar-refractivity contribution in [3.63, 3.8) is 0 Å². The van der Waals surface area contributed by atoms with Gasteiger partial charge in [-0.3, -0.25) is 9.59 Å². The molecule has 0 aromatic heterocycles. The normalized spacial score (nSPS) is 17.2. The van der Waals surface area contributed by atoms with Crippen molar-refractivity contribution in [3.05, 3.63) is 0 Å². The van der Waals surface area contributed by atoms with Crippen LogP contribution in [0.1, 0.15) is 26.2 Å². The molecule has 15 heavy (non-hydrogen) atoms. The highest BCUT2D eigenvalue weighted by atomic mass is 16.4. The van der Waals surface area contributed by atoms with Crippen LogP contribution in [-0.4, -0.2) is 41.0 Å². The molecular weight excluding hydrogens is 196 g/mol. The minimum absolute atomic E-state index is 0.107. The van der Waals surface area contributed by atoms with Crippen LogP contribution in [0.3, 0.4) is 0 Å². The van der Waals surface area contributed by atoms with Crippen molar-refractivity contribution in [3.8, 4) is 0 Å². The Balaban J connectivity index is 2.61. The Morgan fingerprint density at radius 3 is 2.47 bits per heavy atom. The van der Waals surface area contributed by atoms with Gasteiger partial charge < -0.3 is 15.7 Å². The summed E-state index contributed by atoms with van der Waals surface area (Å²) in [6.45, 7) is 1.99. The number of carbonyl (C=O) groups is 2. The van der Waals surface area contributed by atoms with Gasteiger partial charge in [-0.1, -0.05) is 6.92 Å². The lowest BCUT2D eigenvalue weighted by molar-refractivity contribution is -0.146. The summed E-state index contributed by atoms with van der Waals surface area (Å²) in [7, 11) is 0. The van der Waals surface area contributed by atoms with E-state index in [1.165, 1.54) is 4.90 Å². The van der Waals surface area contributed by atoms with Gasteiger partial charge in [-0.2, -0.15) is 0 Å². The Kier molecular flexibility index (Phi) is 4.08. The van der Waals surface area contributed by atoms with Gasteiger partial charge in [0.2, 0.25) is 5.91 Å². The minimum Gasteiger partial charge on any atom is -0.480 e. The monoisotopic (exact) mass is 214 g/mol.